The Morgan fingerprint density at radius 1 is 0.961 bits per heavy atom. The minimum atomic E-state index is -5.00. The summed E-state index contributed by atoms with van der Waals surface area (Å²) < 4.78 is 89.0. The number of likely N-dealkylation sites (tertiary alicyclic amines) is 1. The molecule has 3 aromatic rings. The summed E-state index contributed by atoms with van der Waals surface area (Å²) in [5, 5.41) is 7.50. The van der Waals surface area contributed by atoms with Crippen molar-refractivity contribution in [3.63, 3.8) is 0 Å². The van der Waals surface area contributed by atoms with E-state index in [0.29, 0.717) is 30.9 Å². The average Bonchev–Trinajstić information content (AvgIpc) is 3.74. The Kier molecular flexibility index (Phi) is 11.9. The van der Waals surface area contributed by atoms with E-state index in [0.717, 1.165) is 49.9 Å². The van der Waals surface area contributed by atoms with Crippen LogP contribution in [0.15, 0.2) is 43.0 Å². The number of aromatic nitrogens is 4. The molecule has 1 aliphatic carbocycles. The highest BCUT2D eigenvalue weighted by molar-refractivity contribution is 5.77. The summed E-state index contributed by atoms with van der Waals surface area (Å²) in [6.07, 6.45) is 1.03. The van der Waals surface area contributed by atoms with E-state index in [1.54, 1.807) is 33.9 Å². The van der Waals surface area contributed by atoms with E-state index >= 15 is 0 Å². The topological polar surface area (TPSA) is 105 Å². The molecule has 2 atom stereocenters. The van der Waals surface area contributed by atoms with Gasteiger partial charge in [0.15, 0.2) is 0 Å². The van der Waals surface area contributed by atoms with E-state index in [2.05, 4.69) is 20.4 Å². The highest BCUT2D eigenvalue weighted by atomic mass is 19.4. The number of esters is 1. The number of nitrogens with zero attached hydrogens (tertiary/aromatic N) is 6. The number of hydrogen-bond acceptors (Lipinski definition) is 8. The van der Waals surface area contributed by atoms with Crippen LogP contribution < -0.4 is 10.2 Å². The maximum atomic E-state index is 13.8. The second-order valence-electron chi connectivity index (χ2n) is 13.4. The van der Waals surface area contributed by atoms with Gasteiger partial charge in [0.05, 0.1) is 36.4 Å². The van der Waals surface area contributed by atoms with Gasteiger partial charge in [-0.25, -0.2) is 9.97 Å². The van der Waals surface area contributed by atoms with Crippen molar-refractivity contribution in [2.45, 2.75) is 82.9 Å². The molecule has 16 heteroatoms. The molecular weight excluding hydrogens is 680 g/mol. The van der Waals surface area contributed by atoms with Gasteiger partial charge in [-0.15, -0.1) is 0 Å². The largest absolute Gasteiger partial charge is 0.469 e. The molecule has 10 nitrogen and oxygen atoms in total. The molecule has 51 heavy (non-hydrogen) atoms. The van der Waals surface area contributed by atoms with E-state index in [-0.39, 0.29) is 60.9 Å². The van der Waals surface area contributed by atoms with Gasteiger partial charge in [0.2, 0.25) is 11.9 Å². The third-order valence-corrected chi connectivity index (χ3v) is 9.89. The zero-order valence-corrected chi connectivity index (χ0v) is 28.8. The lowest BCUT2D eigenvalue weighted by Crippen LogP contribution is -2.41. The molecule has 1 saturated carbocycles. The monoisotopic (exact) mass is 723 g/mol. The summed E-state index contributed by atoms with van der Waals surface area (Å²) in [5.74, 6) is 0.177. The Hall–Kier alpha value is -4.21. The van der Waals surface area contributed by atoms with Crippen LogP contribution in [0.4, 0.5) is 32.3 Å². The minimum absolute atomic E-state index is 0.0637. The number of nitrogens with one attached hydrogen (secondary N) is 1. The van der Waals surface area contributed by atoms with Gasteiger partial charge in [-0.2, -0.15) is 31.4 Å². The number of anilines is 1. The van der Waals surface area contributed by atoms with Crippen molar-refractivity contribution in [2.75, 3.05) is 31.6 Å². The van der Waals surface area contributed by atoms with Gasteiger partial charge >= 0.3 is 18.3 Å². The number of ether oxygens (including phenoxy) is 1. The zero-order valence-electron chi connectivity index (χ0n) is 28.8. The molecule has 0 bridgehead atoms. The van der Waals surface area contributed by atoms with Crippen LogP contribution in [0.1, 0.15) is 68.6 Å². The molecule has 0 radical (unpaired) electrons. The molecule has 0 spiro atoms. The van der Waals surface area contributed by atoms with Crippen LogP contribution in [0.3, 0.4) is 0 Å². The van der Waals surface area contributed by atoms with Gasteiger partial charge in [0, 0.05) is 68.9 Å². The van der Waals surface area contributed by atoms with Crippen LogP contribution >= 0.6 is 0 Å². The smallest absolute Gasteiger partial charge is 0.416 e. The lowest BCUT2D eigenvalue weighted by Gasteiger charge is -2.30. The Morgan fingerprint density at radius 3 is 2.16 bits per heavy atom. The van der Waals surface area contributed by atoms with Crippen molar-refractivity contribution in [3.8, 4) is 11.1 Å². The van der Waals surface area contributed by atoms with Gasteiger partial charge in [-0.05, 0) is 74.8 Å². The fourth-order valence-electron chi connectivity index (χ4n) is 7.08. The average molecular weight is 724 g/mol. The Labute approximate surface area is 292 Å². The third kappa shape index (κ3) is 9.57. The number of amides is 1. The second kappa shape index (κ2) is 16.0. The second-order valence-corrected chi connectivity index (χ2v) is 13.4. The first kappa shape index (κ1) is 38.0. The normalized spacial score (nSPS) is 21.2. The van der Waals surface area contributed by atoms with Gasteiger partial charge < -0.3 is 19.9 Å². The lowest BCUT2D eigenvalue weighted by atomic mass is 9.82. The maximum Gasteiger partial charge on any atom is 0.416 e. The quantitative estimate of drug-likeness (QED) is 0.133. The molecule has 0 unspecified atom stereocenters. The molecule has 1 N–H and O–H groups in total. The first-order chi connectivity index (χ1) is 24.2. The summed E-state index contributed by atoms with van der Waals surface area (Å²) in [6, 6.07) is 0.868. The Bertz CT molecular complexity index is 1610. The van der Waals surface area contributed by atoms with Crippen LogP contribution in [0.2, 0.25) is 0 Å². The van der Waals surface area contributed by atoms with Gasteiger partial charge in [0.25, 0.3) is 0 Å². The predicted molar refractivity (Wildman–Crippen MR) is 176 cm³/mol. The number of rotatable bonds is 12. The SMILES string of the molecule is CC[C@@H]1C[C@H](N(Cc2cc(C(F)(F)F)cc(C(F)(F)F)c2)c2ncc(-c3cnn(C)c3)cn2)CN1C(=O)CCNCC1CCC(C(=O)OC)CC1. The molecule has 5 rings (SSSR count). The molecular formula is C35H43F6N7O3. The first-order valence-corrected chi connectivity index (χ1v) is 17.1. The molecule has 1 aliphatic heterocycles. The number of alkyl halides is 6. The Balaban J connectivity index is 1.32. The number of hydrogen-bond donors (Lipinski definition) is 1. The molecule has 2 fully saturated rings. The van der Waals surface area contributed by atoms with E-state index in [1.165, 1.54) is 19.5 Å². The number of carbonyl (C=O) groups excluding carboxylic acids is 2. The molecule has 2 aromatic heterocycles. The van der Waals surface area contributed by atoms with Crippen LogP contribution in [-0.2, 0) is 40.3 Å². The molecule has 1 aromatic carbocycles. The number of halogens is 6. The summed E-state index contributed by atoms with van der Waals surface area (Å²) in [5.41, 5.74) is -1.66. The predicted octanol–water partition coefficient (Wildman–Crippen LogP) is 6.26. The van der Waals surface area contributed by atoms with Crippen molar-refractivity contribution in [1.82, 2.24) is 30.0 Å². The molecule has 3 heterocycles. The van der Waals surface area contributed by atoms with Crippen LogP contribution in [0.5, 0.6) is 0 Å². The summed E-state index contributed by atoms with van der Waals surface area (Å²) in [7, 11) is 3.15. The van der Waals surface area contributed by atoms with Crippen molar-refractivity contribution in [1.29, 1.82) is 0 Å². The van der Waals surface area contributed by atoms with Gasteiger partial charge in [-0.3, -0.25) is 14.3 Å². The highest BCUT2D eigenvalue weighted by Crippen LogP contribution is 2.38. The minimum Gasteiger partial charge on any atom is -0.469 e. The van der Waals surface area contributed by atoms with Gasteiger partial charge in [-0.1, -0.05) is 6.92 Å². The summed E-state index contributed by atoms with van der Waals surface area (Å²) >= 11 is 0. The molecule has 1 amide bonds. The number of methoxy groups -OCH3 is 1. The first-order valence-electron chi connectivity index (χ1n) is 17.1. The van der Waals surface area contributed by atoms with Gasteiger partial charge in [0.1, 0.15) is 0 Å². The van der Waals surface area contributed by atoms with E-state index in [4.69, 9.17) is 4.74 Å². The molecule has 2 aliphatic rings. The molecule has 1 saturated heterocycles. The van der Waals surface area contributed by atoms with E-state index < -0.39 is 29.5 Å². The fourth-order valence-corrected chi connectivity index (χ4v) is 7.08. The zero-order chi connectivity index (χ0) is 36.9. The van der Waals surface area contributed by atoms with Crippen molar-refractivity contribution >= 4 is 17.8 Å². The summed E-state index contributed by atoms with van der Waals surface area (Å²) in [6.45, 7) is 2.95. The van der Waals surface area contributed by atoms with E-state index in [1.807, 2.05) is 6.92 Å². The van der Waals surface area contributed by atoms with Crippen molar-refractivity contribution < 1.29 is 40.7 Å². The summed E-state index contributed by atoms with van der Waals surface area (Å²) in [4.78, 5) is 37.7. The lowest BCUT2D eigenvalue weighted by molar-refractivity contribution is -0.147. The molecule has 278 valence electrons. The Morgan fingerprint density at radius 2 is 1.61 bits per heavy atom. The van der Waals surface area contributed by atoms with Crippen molar-refractivity contribution in [3.05, 3.63) is 59.7 Å². The number of benzene rings is 1. The van der Waals surface area contributed by atoms with Crippen LogP contribution in [0, 0.1) is 11.8 Å². The standard InChI is InChI=1S/C35H43F6N7O3/c1-4-29-14-30(21-47(29)31(49)9-10-42-15-22-5-7-24(8-6-22)32(50)51-3)48(33-43-16-25(17-44-33)26-18-45-46(2)20-26)19-23-11-27(34(36,37)38)13-28(12-23)35(39,40)41/h11-13,16-18,20,22,24,29-30,42H,4-10,14-15,19,21H2,1-3H3/t22?,24?,29-,30+/m1/s1. The fraction of sp³-hybridized carbons (Fsp3) is 0.571. The third-order valence-electron chi connectivity index (χ3n) is 9.89. The number of carbonyl (C=O) groups is 2. The highest BCUT2D eigenvalue weighted by Gasteiger charge is 2.40. The van der Waals surface area contributed by atoms with Crippen molar-refractivity contribution in [2.24, 2.45) is 18.9 Å². The number of aryl methyl sites for hydroxylation is 1. The van der Waals surface area contributed by atoms with E-state index in [9.17, 15) is 35.9 Å². The van der Waals surface area contributed by atoms with Crippen LogP contribution in [-0.4, -0.2) is 75.4 Å². The van der Waals surface area contributed by atoms with Crippen LogP contribution in [0.25, 0.3) is 11.1 Å². The maximum absolute atomic E-state index is 13.8.